The molecule has 4 heterocycles. The van der Waals surface area contributed by atoms with Crippen LogP contribution in [-0.2, 0) is 4.74 Å². The monoisotopic (exact) mass is 413 g/mol. The van der Waals surface area contributed by atoms with Gasteiger partial charge in [-0.15, -0.1) is 0 Å². The number of aromatic nitrogens is 3. The van der Waals surface area contributed by atoms with Crippen molar-refractivity contribution in [3.05, 3.63) is 87.0 Å². The third-order valence-electron chi connectivity index (χ3n) is 6.05. The van der Waals surface area contributed by atoms with Crippen molar-refractivity contribution in [3.63, 3.8) is 0 Å². The molecule has 6 rings (SSSR count). The van der Waals surface area contributed by atoms with Gasteiger partial charge in [-0.2, -0.15) is 4.98 Å². The largest absolute Gasteiger partial charge is 0.378 e. The van der Waals surface area contributed by atoms with Gasteiger partial charge in [-0.25, -0.2) is 0 Å². The molecule has 1 aromatic carbocycles. The highest BCUT2D eigenvalue weighted by Crippen LogP contribution is 2.47. The molecule has 3 aromatic rings. The smallest absolute Gasteiger partial charge is 0.258 e. The molecule has 0 amide bonds. The maximum Gasteiger partial charge on any atom is 0.258 e. The molecule has 154 valence electrons. The highest BCUT2D eigenvalue weighted by atomic mass is 16.5. The molecule has 1 atom stereocenters. The van der Waals surface area contributed by atoms with Gasteiger partial charge in [-0.1, -0.05) is 30.3 Å². The molecule has 1 fully saturated rings. The predicted molar refractivity (Wildman–Crippen MR) is 115 cm³/mol. The predicted octanol–water partition coefficient (Wildman–Crippen LogP) is 2.17. The summed E-state index contributed by atoms with van der Waals surface area (Å²) < 4.78 is 5.42. The summed E-state index contributed by atoms with van der Waals surface area (Å²) in [5.74, 6) is 0.359. The standard InChI is InChI=1S/C23H19N5O3/c29-20-15-6-2-1-5-14(15)19-17(20)16(13-4-3-7-24-12-13)18-21(25-19)26-23(27-22(18)30)28-8-10-31-11-9-28/h1-7,12,16H,8-11H2,(H2,25,26,27,30). The number of fused-ring (bicyclic) bond motifs is 3. The van der Waals surface area contributed by atoms with Crippen molar-refractivity contribution in [2.75, 3.05) is 36.5 Å². The number of carbonyl (C=O) groups excluding carboxylic acids is 1. The first-order valence-electron chi connectivity index (χ1n) is 10.2. The number of anilines is 2. The summed E-state index contributed by atoms with van der Waals surface area (Å²) in [5.41, 5.74) is 3.70. The van der Waals surface area contributed by atoms with Crippen LogP contribution in [0.4, 0.5) is 11.8 Å². The fourth-order valence-corrected chi connectivity index (χ4v) is 4.61. The third-order valence-corrected chi connectivity index (χ3v) is 6.05. The highest BCUT2D eigenvalue weighted by molar-refractivity contribution is 6.23. The first-order valence-corrected chi connectivity index (χ1v) is 10.2. The molecule has 0 saturated carbocycles. The van der Waals surface area contributed by atoms with Crippen LogP contribution >= 0.6 is 0 Å². The molecule has 1 saturated heterocycles. The van der Waals surface area contributed by atoms with E-state index in [2.05, 4.69) is 15.3 Å². The van der Waals surface area contributed by atoms with Crippen molar-refractivity contribution in [2.45, 2.75) is 5.92 Å². The van der Waals surface area contributed by atoms with Crippen molar-refractivity contribution >= 4 is 23.2 Å². The van der Waals surface area contributed by atoms with Crippen LogP contribution in [0.5, 0.6) is 0 Å². The van der Waals surface area contributed by atoms with E-state index in [-0.39, 0.29) is 11.3 Å². The SMILES string of the molecule is O=C1C2=C(Nc3nc(N4CCOCC4)[nH]c(=O)c3C2c2cccnc2)c2ccccc21. The molecule has 8 nitrogen and oxygen atoms in total. The minimum Gasteiger partial charge on any atom is -0.378 e. The van der Waals surface area contributed by atoms with Crippen molar-refractivity contribution in [2.24, 2.45) is 0 Å². The van der Waals surface area contributed by atoms with E-state index in [1.54, 1.807) is 12.4 Å². The molecular formula is C23H19N5O3. The van der Waals surface area contributed by atoms with Crippen molar-refractivity contribution in [1.29, 1.82) is 0 Å². The third kappa shape index (κ3) is 2.72. The number of pyridine rings is 1. The Kier molecular flexibility index (Phi) is 4.00. The Morgan fingerprint density at radius 2 is 1.84 bits per heavy atom. The molecule has 2 aromatic heterocycles. The molecule has 2 N–H and O–H groups in total. The van der Waals surface area contributed by atoms with Crippen LogP contribution in [0, 0.1) is 0 Å². The lowest BCUT2D eigenvalue weighted by molar-refractivity contribution is 0.103. The zero-order valence-electron chi connectivity index (χ0n) is 16.6. The van der Waals surface area contributed by atoms with Crippen LogP contribution in [0.25, 0.3) is 5.70 Å². The maximum atomic E-state index is 13.4. The van der Waals surface area contributed by atoms with Crippen LogP contribution in [0.2, 0.25) is 0 Å². The second kappa shape index (κ2) is 6.88. The van der Waals surface area contributed by atoms with E-state index in [9.17, 15) is 9.59 Å². The van der Waals surface area contributed by atoms with Crippen molar-refractivity contribution < 1.29 is 9.53 Å². The van der Waals surface area contributed by atoms with Gasteiger partial charge in [0.2, 0.25) is 5.95 Å². The lowest BCUT2D eigenvalue weighted by Crippen LogP contribution is -2.39. The molecule has 0 bridgehead atoms. The summed E-state index contributed by atoms with van der Waals surface area (Å²) in [7, 11) is 0. The molecule has 8 heteroatoms. The molecule has 0 radical (unpaired) electrons. The number of aromatic amines is 1. The molecule has 1 aliphatic carbocycles. The van der Waals surface area contributed by atoms with Crippen LogP contribution in [-0.4, -0.2) is 47.0 Å². The Hall–Kier alpha value is -3.78. The van der Waals surface area contributed by atoms with Crippen LogP contribution < -0.4 is 15.8 Å². The average molecular weight is 413 g/mol. The minimum atomic E-state index is -0.546. The lowest BCUT2D eigenvalue weighted by Gasteiger charge is -2.30. The maximum absolute atomic E-state index is 13.4. The summed E-state index contributed by atoms with van der Waals surface area (Å²) in [4.78, 5) is 40.6. The van der Waals surface area contributed by atoms with Gasteiger partial charge in [-0.05, 0) is 11.6 Å². The van der Waals surface area contributed by atoms with Crippen LogP contribution in [0.1, 0.15) is 33.0 Å². The molecule has 0 spiro atoms. The number of ether oxygens (including phenoxy) is 1. The van der Waals surface area contributed by atoms with Gasteiger partial charge in [0, 0.05) is 42.2 Å². The van der Waals surface area contributed by atoms with E-state index in [4.69, 9.17) is 9.72 Å². The number of rotatable bonds is 2. The van der Waals surface area contributed by atoms with Gasteiger partial charge in [-0.3, -0.25) is 19.6 Å². The van der Waals surface area contributed by atoms with Gasteiger partial charge in [0.05, 0.1) is 30.4 Å². The topological polar surface area (TPSA) is 100 Å². The number of carbonyl (C=O) groups is 1. The molecular weight excluding hydrogens is 394 g/mol. The highest BCUT2D eigenvalue weighted by Gasteiger charge is 2.42. The summed E-state index contributed by atoms with van der Waals surface area (Å²) in [6, 6.07) is 11.2. The first kappa shape index (κ1) is 18.0. The van der Waals surface area contributed by atoms with E-state index in [0.29, 0.717) is 60.5 Å². The second-order valence-electron chi connectivity index (χ2n) is 7.76. The second-order valence-corrected chi connectivity index (χ2v) is 7.76. The lowest BCUT2D eigenvalue weighted by atomic mass is 9.82. The number of morpholine rings is 1. The number of hydrogen-bond donors (Lipinski definition) is 2. The number of hydrogen-bond acceptors (Lipinski definition) is 7. The van der Waals surface area contributed by atoms with Crippen LogP contribution in [0.3, 0.4) is 0 Å². The first-order chi connectivity index (χ1) is 15.2. The minimum absolute atomic E-state index is 0.0748. The molecule has 2 aliphatic heterocycles. The molecule has 31 heavy (non-hydrogen) atoms. The quantitative estimate of drug-likeness (QED) is 0.664. The summed E-state index contributed by atoms with van der Waals surface area (Å²) in [5, 5.41) is 3.31. The van der Waals surface area contributed by atoms with Gasteiger partial charge in [0.1, 0.15) is 5.82 Å². The average Bonchev–Trinajstić information content (AvgIpc) is 3.11. The van der Waals surface area contributed by atoms with E-state index in [1.165, 1.54) is 0 Å². The Morgan fingerprint density at radius 1 is 1.03 bits per heavy atom. The zero-order chi connectivity index (χ0) is 20.9. The fraction of sp³-hybridized carbons (Fsp3) is 0.217. The fourth-order valence-electron chi connectivity index (χ4n) is 4.61. The van der Waals surface area contributed by atoms with Gasteiger partial charge < -0.3 is 15.0 Å². The number of nitrogens with zero attached hydrogens (tertiary/aromatic N) is 3. The van der Waals surface area contributed by atoms with Gasteiger partial charge in [0.15, 0.2) is 5.78 Å². The number of allylic oxidation sites excluding steroid dienone is 1. The van der Waals surface area contributed by atoms with E-state index in [1.807, 2.05) is 41.3 Å². The number of ketones is 1. The molecule has 1 unspecified atom stereocenters. The Morgan fingerprint density at radius 3 is 2.61 bits per heavy atom. The van der Waals surface area contributed by atoms with E-state index >= 15 is 0 Å². The Balaban J connectivity index is 1.57. The zero-order valence-corrected chi connectivity index (χ0v) is 16.6. The number of benzene rings is 1. The normalized spacial score (nSPS) is 19.5. The summed E-state index contributed by atoms with van der Waals surface area (Å²) in [6.07, 6.45) is 3.38. The summed E-state index contributed by atoms with van der Waals surface area (Å²) in [6.45, 7) is 2.49. The number of H-pyrrole nitrogens is 1. The number of nitrogens with one attached hydrogen (secondary N) is 2. The van der Waals surface area contributed by atoms with Gasteiger partial charge in [0.25, 0.3) is 5.56 Å². The van der Waals surface area contributed by atoms with Crippen LogP contribution in [0.15, 0.2) is 59.2 Å². The Labute approximate surface area is 177 Å². The van der Waals surface area contributed by atoms with E-state index in [0.717, 1.165) is 11.1 Å². The molecule has 3 aliphatic rings. The van der Waals surface area contributed by atoms with Crippen molar-refractivity contribution in [1.82, 2.24) is 15.0 Å². The number of Topliss-reactive ketones (excluding diaryl/α,β-unsaturated/α-hetero) is 1. The van der Waals surface area contributed by atoms with Gasteiger partial charge >= 0.3 is 0 Å². The van der Waals surface area contributed by atoms with E-state index < -0.39 is 5.92 Å². The summed E-state index contributed by atoms with van der Waals surface area (Å²) >= 11 is 0. The van der Waals surface area contributed by atoms with Crippen molar-refractivity contribution in [3.8, 4) is 0 Å². The Bertz CT molecular complexity index is 1290.